The molecule has 0 radical (unpaired) electrons. The number of esters is 2. The molecule has 0 aromatic rings. The molecule has 0 bridgehead atoms. The number of hydrogen-bond donors (Lipinski definition) is 0. The van der Waals surface area contributed by atoms with E-state index in [-0.39, 0.29) is 32.2 Å². The minimum Gasteiger partial charge on any atom is -0.545 e. The molecule has 75 heavy (non-hydrogen) atoms. The monoisotopic (exact) mass is 1060 g/mol. The molecule has 0 saturated carbocycles. The maximum Gasteiger partial charge on any atom is 0.306 e. The van der Waals surface area contributed by atoms with Crippen molar-refractivity contribution in [3.05, 3.63) is 24.3 Å². The fourth-order valence-electron chi connectivity index (χ4n) is 9.69. The average Bonchev–Trinajstić information content (AvgIpc) is 3.38. The molecule has 0 aliphatic heterocycles. The van der Waals surface area contributed by atoms with Crippen LogP contribution in [0.5, 0.6) is 0 Å². The summed E-state index contributed by atoms with van der Waals surface area (Å²) >= 11 is 0. The third kappa shape index (κ3) is 59.3. The predicted molar refractivity (Wildman–Crippen MR) is 316 cm³/mol. The van der Waals surface area contributed by atoms with Crippen molar-refractivity contribution in [3.63, 3.8) is 0 Å². The Balaban J connectivity index is 4.13. The molecule has 0 heterocycles. The second-order valence-electron chi connectivity index (χ2n) is 23.4. The number of carboxylic acid groups (broad SMARTS) is 1. The van der Waals surface area contributed by atoms with Gasteiger partial charge in [0, 0.05) is 12.8 Å². The van der Waals surface area contributed by atoms with Crippen LogP contribution in [0.2, 0.25) is 0 Å². The highest BCUT2D eigenvalue weighted by atomic mass is 16.7. The zero-order chi connectivity index (χ0) is 54.8. The summed E-state index contributed by atoms with van der Waals surface area (Å²) < 4.78 is 22.8. The van der Waals surface area contributed by atoms with Crippen molar-refractivity contribution in [2.24, 2.45) is 0 Å². The Labute approximate surface area is 465 Å². The van der Waals surface area contributed by atoms with Crippen molar-refractivity contribution >= 4 is 17.9 Å². The number of carboxylic acids is 1. The molecular weight excluding hydrogens is 935 g/mol. The van der Waals surface area contributed by atoms with Crippen molar-refractivity contribution in [2.45, 2.75) is 334 Å². The van der Waals surface area contributed by atoms with Crippen molar-refractivity contribution in [2.75, 3.05) is 47.5 Å². The van der Waals surface area contributed by atoms with Gasteiger partial charge in [0.2, 0.25) is 0 Å². The van der Waals surface area contributed by atoms with Gasteiger partial charge in [-0.15, -0.1) is 0 Å². The molecule has 0 aliphatic rings. The summed E-state index contributed by atoms with van der Waals surface area (Å²) in [5, 5.41) is 11.8. The third-order valence-electron chi connectivity index (χ3n) is 14.7. The normalized spacial score (nSPS) is 12.8. The standard InChI is InChI=1S/C66H125NO8/c1-6-8-10-12-14-16-18-20-22-24-26-28-30-32-34-36-38-40-42-44-46-48-50-52-54-56-63(68)73-60-62(61-74-66(65(70)71)72-59-58-67(3,4)5)75-64(69)57-55-53-51-49-47-45-43-41-39-37-35-33-31-29-27-25-23-21-19-17-15-13-11-9-7-2/h19,21,25,27,62,66H,6-18,20,22-24,26,28-61H2,1-5H3/b21-19-,27-25-. The molecule has 9 nitrogen and oxygen atoms in total. The summed E-state index contributed by atoms with van der Waals surface area (Å²) in [7, 11) is 5.94. The number of carbonyl (C=O) groups excluding carboxylic acids is 3. The Morgan fingerprint density at radius 2 is 0.720 bits per heavy atom. The van der Waals surface area contributed by atoms with Gasteiger partial charge in [0.1, 0.15) is 13.2 Å². The van der Waals surface area contributed by atoms with Crippen LogP contribution in [0.4, 0.5) is 0 Å². The number of nitrogens with zero attached hydrogens (tertiary/aromatic N) is 1. The van der Waals surface area contributed by atoms with Crippen LogP contribution in [0.25, 0.3) is 0 Å². The summed E-state index contributed by atoms with van der Waals surface area (Å²) in [6, 6.07) is 0. The largest absolute Gasteiger partial charge is 0.545 e. The smallest absolute Gasteiger partial charge is 0.306 e. The van der Waals surface area contributed by atoms with E-state index in [9.17, 15) is 19.5 Å². The van der Waals surface area contributed by atoms with Gasteiger partial charge in [0.25, 0.3) is 0 Å². The van der Waals surface area contributed by atoms with Crippen LogP contribution in [0.1, 0.15) is 322 Å². The highest BCUT2D eigenvalue weighted by Crippen LogP contribution is 2.18. The van der Waals surface area contributed by atoms with E-state index in [1.165, 1.54) is 250 Å². The molecule has 0 N–H and O–H groups in total. The molecule has 2 unspecified atom stereocenters. The summed E-state index contributed by atoms with van der Waals surface area (Å²) in [5.41, 5.74) is 0. The van der Waals surface area contributed by atoms with Crippen molar-refractivity contribution in [3.8, 4) is 0 Å². The second kappa shape index (κ2) is 57.9. The molecular formula is C66H125NO8. The van der Waals surface area contributed by atoms with Crippen molar-refractivity contribution in [1.29, 1.82) is 0 Å². The summed E-state index contributed by atoms with van der Waals surface area (Å²) in [4.78, 5) is 37.4. The lowest BCUT2D eigenvalue weighted by Crippen LogP contribution is -2.44. The molecule has 0 amide bonds. The molecule has 0 rings (SSSR count). The first-order valence-electron chi connectivity index (χ1n) is 32.5. The quantitative estimate of drug-likeness (QED) is 0.0195. The topological polar surface area (TPSA) is 111 Å². The molecule has 442 valence electrons. The van der Waals surface area contributed by atoms with E-state index in [1.807, 2.05) is 21.1 Å². The SMILES string of the molecule is CCCCCCC/C=C\C/C=C\CCCCCCCCCCCCCCCC(=O)OC(COC(=O)CCCCCCCCCCCCCCCCCCCCCCCCCCC)COC(OCC[N+](C)(C)C)C(=O)[O-]. The van der Waals surface area contributed by atoms with Crippen LogP contribution in [-0.2, 0) is 33.3 Å². The van der Waals surface area contributed by atoms with Crippen molar-refractivity contribution < 1.29 is 42.9 Å². The Morgan fingerprint density at radius 1 is 0.400 bits per heavy atom. The summed E-state index contributed by atoms with van der Waals surface area (Å²) in [6.07, 6.45) is 66.7. The minimum atomic E-state index is -1.62. The molecule has 0 aromatic carbocycles. The van der Waals surface area contributed by atoms with Crippen LogP contribution in [0, 0.1) is 0 Å². The number of likely N-dealkylation sites (N-methyl/N-ethyl adjacent to an activating group) is 1. The number of aliphatic carboxylic acids is 1. The molecule has 0 saturated heterocycles. The number of allylic oxidation sites excluding steroid dienone is 4. The predicted octanol–water partition coefficient (Wildman–Crippen LogP) is 18.1. The molecule has 0 aliphatic carbocycles. The Kier molecular flexibility index (Phi) is 56.2. The third-order valence-corrected chi connectivity index (χ3v) is 14.7. The fourth-order valence-corrected chi connectivity index (χ4v) is 9.69. The summed E-state index contributed by atoms with van der Waals surface area (Å²) in [5.74, 6) is -2.26. The van der Waals surface area contributed by atoms with E-state index in [0.29, 0.717) is 23.9 Å². The lowest BCUT2D eigenvalue weighted by atomic mass is 10.0. The Hall–Kier alpha value is -2.23. The number of ether oxygens (including phenoxy) is 4. The number of carbonyl (C=O) groups is 3. The highest BCUT2D eigenvalue weighted by molar-refractivity contribution is 5.70. The van der Waals surface area contributed by atoms with Gasteiger partial charge in [-0.2, -0.15) is 0 Å². The first-order chi connectivity index (χ1) is 36.6. The number of unbranched alkanes of at least 4 members (excludes halogenated alkanes) is 42. The van der Waals surface area contributed by atoms with Crippen molar-refractivity contribution in [1.82, 2.24) is 0 Å². The molecule has 0 aromatic heterocycles. The van der Waals surface area contributed by atoms with Crippen LogP contribution < -0.4 is 5.11 Å². The van der Waals surface area contributed by atoms with Crippen LogP contribution in [-0.4, -0.2) is 82.3 Å². The minimum absolute atomic E-state index is 0.151. The molecule has 2 atom stereocenters. The lowest BCUT2D eigenvalue weighted by molar-refractivity contribution is -0.870. The zero-order valence-corrected chi connectivity index (χ0v) is 50.4. The first-order valence-corrected chi connectivity index (χ1v) is 32.5. The average molecular weight is 1060 g/mol. The second-order valence-corrected chi connectivity index (χ2v) is 23.4. The Bertz CT molecular complexity index is 1280. The van der Waals surface area contributed by atoms with Gasteiger partial charge in [-0.05, 0) is 44.9 Å². The van der Waals surface area contributed by atoms with Gasteiger partial charge < -0.3 is 33.3 Å². The Morgan fingerprint density at radius 3 is 1.05 bits per heavy atom. The van der Waals surface area contributed by atoms with Gasteiger partial charge in [-0.3, -0.25) is 9.59 Å². The van der Waals surface area contributed by atoms with E-state index in [1.54, 1.807) is 0 Å². The summed E-state index contributed by atoms with van der Waals surface area (Å²) in [6.45, 7) is 4.80. The molecule has 0 spiro atoms. The van der Waals surface area contributed by atoms with Gasteiger partial charge in [0.05, 0.1) is 40.3 Å². The first kappa shape index (κ1) is 72.8. The zero-order valence-electron chi connectivity index (χ0n) is 50.4. The molecule has 0 fully saturated rings. The number of quaternary nitrogens is 1. The maximum atomic E-state index is 12.9. The van der Waals surface area contributed by atoms with Crippen LogP contribution in [0.3, 0.4) is 0 Å². The lowest BCUT2D eigenvalue weighted by Gasteiger charge is -2.26. The van der Waals surface area contributed by atoms with Gasteiger partial charge in [0.15, 0.2) is 12.4 Å². The van der Waals surface area contributed by atoms with E-state index in [4.69, 9.17) is 18.9 Å². The van der Waals surface area contributed by atoms with Gasteiger partial charge in [-0.25, -0.2) is 0 Å². The van der Waals surface area contributed by atoms with E-state index < -0.39 is 24.3 Å². The van der Waals surface area contributed by atoms with Crippen LogP contribution in [0.15, 0.2) is 24.3 Å². The molecule has 9 heteroatoms. The number of hydrogen-bond acceptors (Lipinski definition) is 8. The maximum absolute atomic E-state index is 12.9. The van der Waals surface area contributed by atoms with Gasteiger partial charge in [-0.1, -0.05) is 289 Å². The fraction of sp³-hybridized carbons (Fsp3) is 0.894. The van der Waals surface area contributed by atoms with Gasteiger partial charge >= 0.3 is 11.9 Å². The van der Waals surface area contributed by atoms with E-state index in [2.05, 4.69) is 38.2 Å². The highest BCUT2D eigenvalue weighted by Gasteiger charge is 2.22. The van der Waals surface area contributed by atoms with Crippen LogP contribution >= 0.6 is 0 Å². The van der Waals surface area contributed by atoms with E-state index >= 15 is 0 Å². The number of rotatable bonds is 61. The van der Waals surface area contributed by atoms with E-state index in [0.717, 1.165) is 38.5 Å².